The summed E-state index contributed by atoms with van der Waals surface area (Å²) in [6.45, 7) is 2.04. The molecule has 2 aromatic carbocycles. The van der Waals surface area contributed by atoms with E-state index in [0.717, 1.165) is 28.9 Å². The number of aliphatic hydroxyl groups is 1. The Morgan fingerprint density at radius 3 is 2.55 bits per heavy atom. The van der Waals surface area contributed by atoms with Gasteiger partial charge in [-0.05, 0) is 47.9 Å². The second kappa shape index (κ2) is 5.28. The monoisotopic (exact) mass is 308 g/mol. The van der Waals surface area contributed by atoms with Gasteiger partial charge in [-0.2, -0.15) is 0 Å². The van der Waals surface area contributed by atoms with E-state index in [0.29, 0.717) is 10.0 Å². The van der Waals surface area contributed by atoms with Crippen LogP contribution in [0.5, 0.6) is 5.75 Å². The molecular weight excluding hydrogens is 295 g/mol. The van der Waals surface area contributed by atoms with Gasteiger partial charge < -0.3 is 9.84 Å². The molecule has 1 aliphatic heterocycles. The zero-order valence-electron chi connectivity index (χ0n) is 10.9. The quantitative estimate of drug-likeness (QED) is 0.891. The Morgan fingerprint density at radius 1 is 1.10 bits per heavy atom. The van der Waals surface area contributed by atoms with Gasteiger partial charge in [0, 0.05) is 6.42 Å². The van der Waals surface area contributed by atoms with Crippen LogP contribution in [-0.4, -0.2) is 11.2 Å². The molecule has 2 aromatic rings. The van der Waals surface area contributed by atoms with Crippen LogP contribution in [0.1, 0.15) is 29.7 Å². The standard InChI is InChI=1S/C16H14Cl2O2/c1-9-6-12-7-10(3-5-15(12)20-9)16(19)11-2-4-13(17)14(18)8-11/h2-5,7-9,16,19H,6H2,1H3. The molecule has 3 rings (SSSR count). The molecule has 0 aliphatic carbocycles. The molecule has 0 spiro atoms. The zero-order chi connectivity index (χ0) is 14.3. The van der Waals surface area contributed by atoms with Crippen molar-refractivity contribution in [1.29, 1.82) is 0 Å². The van der Waals surface area contributed by atoms with Gasteiger partial charge in [-0.15, -0.1) is 0 Å². The van der Waals surface area contributed by atoms with Crippen LogP contribution in [0.3, 0.4) is 0 Å². The fraction of sp³-hybridized carbons (Fsp3) is 0.250. The maximum atomic E-state index is 10.5. The summed E-state index contributed by atoms with van der Waals surface area (Å²) in [4.78, 5) is 0. The number of aliphatic hydroxyl groups excluding tert-OH is 1. The second-order valence-electron chi connectivity index (χ2n) is 5.08. The fourth-order valence-corrected chi connectivity index (χ4v) is 2.79. The highest BCUT2D eigenvalue weighted by atomic mass is 35.5. The van der Waals surface area contributed by atoms with Gasteiger partial charge >= 0.3 is 0 Å². The van der Waals surface area contributed by atoms with Gasteiger partial charge in [0.25, 0.3) is 0 Å². The van der Waals surface area contributed by atoms with Crippen LogP contribution in [0.4, 0.5) is 0 Å². The first-order valence-corrected chi connectivity index (χ1v) is 7.22. The van der Waals surface area contributed by atoms with Crippen LogP contribution in [0.15, 0.2) is 36.4 Å². The van der Waals surface area contributed by atoms with E-state index < -0.39 is 6.10 Å². The Bertz CT molecular complexity index is 655. The topological polar surface area (TPSA) is 29.5 Å². The number of hydrogen-bond donors (Lipinski definition) is 1. The zero-order valence-corrected chi connectivity index (χ0v) is 12.4. The maximum Gasteiger partial charge on any atom is 0.123 e. The Labute approximate surface area is 127 Å². The fourth-order valence-electron chi connectivity index (χ4n) is 2.49. The highest BCUT2D eigenvalue weighted by molar-refractivity contribution is 6.42. The summed E-state index contributed by atoms with van der Waals surface area (Å²) in [5, 5.41) is 11.4. The molecule has 1 heterocycles. The lowest BCUT2D eigenvalue weighted by Crippen LogP contribution is -2.05. The van der Waals surface area contributed by atoms with Crippen molar-refractivity contribution >= 4 is 23.2 Å². The lowest BCUT2D eigenvalue weighted by atomic mass is 9.98. The van der Waals surface area contributed by atoms with Gasteiger partial charge in [0.05, 0.1) is 10.0 Å². The van der Waals surface area contributed by atoms with E-state index in [1.165, 1.54) is 0 Å². The van der Waals surface area contributed by atoms with Crippen molar-refractivity contribution in [2.75, 3.05) is 0 Å². The van der Waals surface area contributed by atoms with E-state index in [9.17, 15) is 5.11 Å². The van der Waals surface area contributed by atoms with Gasteiger partial charge in [0.2, 0.25) is 0 Å². The molecule has 1 aliphatic rings. The molecule has 0 radical (unpaired) electrons. The van der Waals surface area contributed by atoms with Gasteiger partial charge in [0.15, 0.2) is 0 Å². The minimum Gasteiger partial charge on any atom is -0.490 e. The first-order valence-electron chi connectivity index (χ1n) is 6.47. The second-order valence-corrected chi connectivity index (χ2v) is 5.89. The van der Waals surface area contributed by atoms with Crippen molar-refractivity contribution in [2.45, 2.75) is 25.6 Å². The van der Waals surface area contributed by atoms with Crippen molar-refractivity contribution in [1.82, 2.24) is 0 Å². The molecule has 0 saturated carbocycles. The summed E-state index contributed by atoms with van der Waals surface area (Å²) in [5.74, 6) is 0.905. The number of rotatable bonds is 2. The summed E-state index contributed by atoms with van der Waals surface area (Å²) in [6, 6.07) is 11.0. The van der Waals surface area contributed by atoms with E-state index in [-0.39, 0.29) is 6.10 Å². The number of ether oxygens (including phenoxy) is 1. The normalized spacial score (nSPS) is 18.5. The van der Waals surface area contributed by atoms with E-state index >= 15 is 0 Å². The summed E-state index contributed by atoms with van der Waals surface area (Å²) in [6.07, 6.45) is 0.352. The first-order chi connectivity index (χ1) is 9.54. The van der Waals surface area contributed by atoms with Crippen LogP contribution in [0.2, 0.25) is 10.0 Å². The number of fused-ring (bicyclic) bond motifs is 1. The molecule has 2 unspecified atom stereocenters. The van der Waals surface area contributed by atoms with Gasteiger partial charge in [0.1, 0.15) is 18.0 Å². The van der Waals surface area contributed by atoms with Crippen molar-refractivity contribution in [3.05, 3.63) is 63.1 Å². The average Bonchev–Trinajstić information content (AvgIpc) is 2.80. The van der Waals surface area contributed by atoms with Crippen molar-refractivity contribution in [3.63, 3.8) is 0 Å². The maximum absolute atomic E-state index is 10.5. The lowest BCUT2D eigenvalue weighted by molar-refractivity contribution is 0.220. The van der Waals surface area contributed by atoms with Crippen molar-refractivity contribution < 1.29 is 9.84 Å². The number of hydrogen-bond acceptors (Lipinski definition) is 2. The highest BCUT2D eigenvalue weighted by Crippen LogP contribution is 2.34. The summed E-state index contributed by atoms with van der Waals surface area (Å²) < 4.78 is 5.66. The molecule has 1 N–H and O–H groups in total. The molecule has 104 valence electrons. The Hall–Kier alpha value is -1.22. The molecule has 0 aromatic heterocycles. The summed E-state index contributed by atoms with van der Waals surface area (Å²) in [5.41, 5.74) is 2.69. The molecule has 0 amide bonds. The largest absolute Gasteiger partial charge is 0.490 e. The van der Waals surface area contributed by atoms with Gasteiger partial charge in [-0.25, -0.2) is 0 Å². The number of halogens is 2. The molecule has 0 fully saturated rings. The Morgan fingerprint density at radius 2 is 1.80 bits per heavy atom. The molecule has 0 saturated heterocycles. The lowest BCUT2D eigenvalue weighted by Gasteiger charge is -2.13. The van der Waals surface area contributed by atoms with E-state index in [2.05, 4.69) is 0 Å². The minimum absolute atomic E-state index is 0.197. The van der Waals surface area contributed by atoms with Crippen LogP contribution in [-0.2, 0) is 6.42 Å². The third-order valence-electron chi connectivity index (χ3n) is 3.50. The van der Waals surface area contributed by atoms with E-state index in [4.69, 9.17) is 27.9 Å². The average molecular weight is 309 g/mol. The minimum atomic E-state index is -0.717. The predicted octanol–water partition coefficient (Wildman–Crippen LogP) is 4.40. The summed E-state index contributed by atoms with van der Waals surface area (Å²) in [7, 11) is 0. The Kier molecular flexibility index (Phi) is 3.63. The third kappa shape index (κ3) is 2.51. The van der Waals surface area contributed by atoms with Crippen LogP contribution in [0.25, 0.3) is 0 Å². The van der Waals surface area contributed by atoms with Crippen LogP contribution >= 0.6 is 23.2 Å². The third-order valence-corrected chi connectivity index (χ3v) is 4.23. The smallest absolute Gasteiger partial charge is 0.123 e. The van der Waals surface area contributed by atoms with Gasteiger partial charge in [-0.3, -0.25) is 0 Å². The molecular formula is C16H14Cl2O2. The van der Waals surface area contributed by atoms with Crippen LogP contribution < -0.4 is 4.74 Å². The SMILES string of the molecule is CC1Cc2cc(C(O)c3ccc(Cl)c(Cl)c3)ccc2O1. The van der Waals surface area contributed by atoms with Crippen molar-refractivity contribution in [2.24, 2.45) is 0 Å². The first kappa shape index (κ1) is 13.7. The molecule has 2 nitrogen and oxygen atoms in total. The molecule has 2 atom stereocenters. The van der Waals surface area contributed by atoms with Crippen molar-refractivity contribution in [3.8, 4) is 5.75 Å². The Balaban J connectivity index is 1.93. The summed E-state index contributed by atoms with van der Waals surface area (Å²) >= 11 is 11.9. The highest BCUT2D eigenvalue weighted by Gasteiger charge is 2.21. The molecule has 0 bridgehead atoms. The molecule has 20 heavy (non-hydrogen) atoms. The number of benzene rings is 2. The van der Waals surface area contributed by atoms with Crippen LogP contribution in [0, 0.1) is 0 Å². The predicted molar refractivity (Wildman–Crippen MR) is 80.8 cm³/mol. The van der Waals surface area contributed by atoms with E-state index in [1.807, 2.05) is 25.1 Å². The van der Waals surface area contributed by atoms with Gasteiger partial charge in [-0.1, -0.05) is 35.3 Å². The van der Waals surface area contributed by atoms with E-state index in [1.54, 1.807) is 18.2 Å². The molecule has 4 heteroatoms.